The molecule has 1 saturated heterocycles. The fourth-order valence-electron chi connectivity index (χ4n) is 12.7. The molecule has 1 aliphatic heterocycles. The summed E-state index contributed by atoms with van der Waals surface area (Å²) in [7, 11) is -2.91. The molecule has 4 fully saturated rings. The van der Waals surface area contributed by atoms with Crippen LogP contribution in [0.5, 0.6) is 0 Å². The quantitative estimate of drug-likeness (QED) is 0.203. The SMILES string of the molecule is C=C(C)C1CCC2(C(=O)NCCCN3CCS(=O)(=O)CC3)CCC(C)C3(C)CCC4C(C)(C)C(c5ccc(C(=O)O)cc5F)=CCC4(C)C3CCCC12. The summed E-state index contributed by atoms with van der Waals surface area (Å²) in [5, 5.41) is 12.8. The Bertz CT molecular complexity index is 1720. The van der Waals surface area contributed by atoms with E-state index in [0.29, 0.717) is 48.9 Å². The van der Waals surface area contributed by atoms with Crippen molar-refractivity contribution in [3.8, 4) is 0 Å². The predicted octanol–water partition coefficient (Wildman–Crippen LogP) is 8.80. The van der Waals surface area contributed by atoms with Gasteiger partial charge in [-0.3, -0.25) is 4.79 Å². The number of carboxylic acids is 1. The molecule has 0 bridgehead atoms. The smallest absolute Gasteiger partial charge is 0.335 e. The zero-order chi connectivity index (χ0) is 38.6. The molecule has 2 N–H and O–H groups in total. The summed E-state index contributed by atoms with van der Waals surface area (Å²) >= 11 is 0. The highest BCUT2D eigenvalue weighted by molar-refractivity contribution is 7.91. The van der Waals surface area contributed by atoms with E-state index in [4.69, 9.17) is 0 Å². The summed E-state index contributed by atoms with van der Waals surface area (Å²) < 4.78 is 39.3. The molecule has 53 heavy (non-hydrogen) atoms. The molecule has 3 saturated carbocycles. The van der Waals surface area contributed by atoms with Crippen molar-refractivity contribution in [1.82, 2.24) is 10.2 Å². The molecule has 1 aromatic carbocycles. The van der Waals surface area contributed by atoms with Gasteiger partial charge in [0, 0.05) is 25.2 Å². The number of aromatic carboxylic acids is 1. The lowest BCUT2D eigenvalue weighted by atomic mass is 9.40. The lowest BCUT2D eigenvalue weighted by molar-refractivity contribution is -0.139. The van der Waals surface area contributed by atoms with Crippen LogP contribution in [0.2, 0.25) is 0 Å². The van der Waals surface area contributed by atoms with Gasteiger partial charge in [-0.1, -0.05) is 65.3 Å². The number of carboxylic acid groups (broad SMARTS) is 1. The minimum absolute atomic E-state index is 0.0269. The molecule has 4 aliphatic carbocycles. The molecule has 8 atom stereocenters. The molecule has 294 valence electrons. The second-order valence-corrected chi connectivity index (χ2v) is 21.2. The number of hydrogen-bond donors (Lipinski definition) is 2. The number of halogens is 1. The van der Waals surface area contributed by atoms with Gasteiger partial charge in [-0.05, 0) is 141 Å². The monoisotopic (exact) mass is 752 g/mol. The van der Waals surface area contributed by atoms with E-state index >= 15 is 4.39 Å². The first-order chi connectivity index (χ1) is 24.9. The Balaban J connectivity index is 1.22. The maximum absolute atomic E-state index is 15.5. The molecule has 1 heterocycles. The van der Waals surface area contributed by atoms with Crippen molar-refractivity contribution >= 4 is 27.3 Å². The molecule has 7 nitrogen and oxygen atoms in total. The van der Waals surface area contributed by atoms with Gasteiger partial charge in [-0.2, -0.15) is 0 Å². The number of sulfone groups is 1. The molecule has 0 radical (unpaired) electrons. The zero-order valence-electron chi connectivity index (χ0n) is 33.2. The van der Waals surface area contributed by atoms with Crippen molar-refractivity contribution in [2.45, 2.75) is 112 Å². The van der Waals surface area contributed by atoms with Gasteiger partial charge in [0.1, 0.15) is 5.82 Å². The van der Waals surface area contributed by atoms with Gasteiger partial charge >= 0.3 is 5.97 Å². The van der Waals surface area contributed by atoms with Gasteiger partial charge in [0.05, 0.1) is 22.5 Å². The van der Waals surface area contributed by atoms with Crippen molar-refractivity contribution in [3.63, 3.8) is 0 Å². The van der Waals surface area contributed by atoms with Crippen LogP contribution in [-0.4, -0.2) is 68.0 Å². The Labute approximate surface area is 318 Å². The van der Waals surface area contributed by atoms with E-state index in [0.717, 1.165) is 88.8 Å². The first-order valence-electron chi connectivity index (χ1n) is 20.5. The molecule has 1 amide bonds. The number of carbonyl (C=O) groups is 2. The van der Waals surface area contributed by atoms with E-state index in [-0.39, 0.29) is 45.1 Å². The third-order valence-electron chi connectivity index (χ3n) is 15.9. The van der Waals surface area contributed by atoms with Gasteiger partial charge in [0.15, 0.2) is 9.84 Å². The Morgan fingerprint density at radius 2 is 1.68 bits per heavy atom. The maximum atomic E-state index is 15.5. The molecule has 1 aromatic rings. The van der Waals surface area contributed by atoms with E-state index in [1.807, 2.05) is 0 Å². The fourth-order valence-corrected chi connectivity index (χ4v) is 14.0. The molecule has 5 aliphatic rings. The second kappa shape index (κ2) is 14.9. The lowest BCUT2D eigenvalue weighted by Crippen LogP contribution is -2.56. The zero-order valence-corrected chi connectivity index (χ0v) is 34.1. The topological polar surface area (TPSA) is 104 Å². The summed E-state index contributed by atoms with van der Waals surface area (Å²) in [6.45, 7) is 21.2. The minimum atomic E-state index is -2.91. The third kappa shape index (κ3) is 7.32. The molecule has 6 rings (SSSR count). The Kier molecular flexibility index (Phi) is 11.3. The highest BCUT2D eigenvalue weighted by Crippen LogP contribution is 2.69. The summed E-state index contributed by atoms with van der Waals surface area (Å²) in [5.74, 6) is 0.968. The van der Waals surface area contributed by atoms with E-state index in [9.17, 15) is 23.1 Å². The first kappa shape index (κ1) is 40.2. The molecular weight excluding hydrogens is 688 g/mol. The van der Waals surface area contributed by atoms with Crippen LogP contribution in [0, 0.1) is 57.1 Å². The summed E-state index contributed by atoms with van der Waals surface area (Å²) in [6.07, 6.45) is 13.1. The number of hydrogen-bond acceptors (Lipinski definition) is 5. The Morgan fingerprint density at radius 1 is 0.981 bits per heavy atom. The van der Waals surface area contributed by atoms with Crippen molar-refractivity contribution in [3.05, 3.63) is 53.4 Å². The highest BCUT2D eigenvalue weighted by atomic mass is 32.2. The molecular formula is C44H65FN2O5S. The van der Waals surface area contributed by atoms with Crippen molar-refractivity contribution in [2.75, 3.05) is 37.7 Å². The summed E-state index contributed by atoms with van der Waals surface area (Å²) in [4.78, 5) is 28.2. The highest BCUT2D eigenvalue weighted by Gasteiger charge is 2.61. The standard InChI is InChI=1S/C44H65FN2O5S/c1-29(2)32-15-21-44(40(50)46-22-9-23-47-24-26-53(51,52)27-25-47)20-14-30(3)42(6)19-17-37-41(4,5)34(33-13-12-31(39(48)49)28-36(33)45)16-18-43(37,7)38(42)11-8-10-35(32)44/h12-13,16,28,30,32,35,37-38H,1,8-11,14-15,17-27H2,2-7H3,(H,46,50)(H,48,49). The van der Waals surface area contributed by atoms with Crippen LogP contribution in [0.15, 0.2) is 36.4 Å². The van der Waals surface area contributed by atoms with Gasteiger partial charge in [0.25, 0.3) is 0 Å². The number of carbonyl (C=O) groups excluding carboxylic acids is 1. The van der Waals surface area contributed by atoms with Crippen LogP contribution in [0.25, 0.3) is 5.57 Å². The van der Waals surface area contributed by atoms with E-state index in [1.165, 1.54) is 11.6 Å². The van der Waals surface area contributed by atoms with Crippen LogP contribution in [0.4, 0.5) is 4.39 Å². The predicted molar refractivity (Wildman–Crippen MR) is 211 cm³/mol. The van der Waals surface area contributed by atoms with E-state index in [2.05, 4.69) is 64.4 Å². The number of rotatable bonds is 8. The van der Waals surface area contributed by atoms with Crippen LogP contribution in [-0.2, 0) is 14.6 Å². The van der Waals surface area contributed by atoms with Crippen molar-refractivity contribution in [1.29, 1.82) is 0 Å². The first-order valence-corrected chi connectivity index (χ1v) is 22.3. The third-order valence-corrected chi connectivity index (χ3v) is 17.5. The summed E-state index contributed by atoms with van der Waals surface area (Å²) in [5.41, 5.74) is 2.15. The van der Waals surface area contributed by atoms with E-state index in [1.54, 1.807) is 6.07 Å². The Morgan fingerprint density at radius 3 is 2.34 bits per heavy atom. The average Bonchev–Trinajstić information content (AvgIpc) is 3.47. The summed E-state index contributed by atoms with van der Waals surface area (Å²) in [6, 6.07) is 4.36. The number of allylic oxidation sites excluding steroid dienone is 3. The number of nitrogens with one attached hydrogen (secondary N) is 1. The second-order valence-electron chi connectivity index (χ2n) is 18.9. The van der Waals surface area contributed by atoms with Gasteiger partial charge in [0.2, 0.25) is 5.91 Å². The van der Waals surface area contributed by atoms with Gasteiger partial charge < -0.3 is 15.3 Å². The Hall–Kier alpha value is -2.52. The largest absolute Gasteiger partial charge is 0.478 e. The molecule has 0 aromatic heterocycles. The van der Waals surface area contributed by atoms with Crippen LogP contribution < -0.4 is 5.32 Å². The fraction of sp³-hybridized carbons (Fsp3) is 0.727. The number of amides is 1. The number of fused-ring (bicyclic) bond motifs is 4. The number of benzene rings is 1. The van der Waals surface area contributed by atoms with Crippen molar-refractivity contribution < 1.29 is 27.5 Å². The number of nitrogens with zero attached hydrogens (tertiary/aromatic N) is 1. The van der Waals surface area contributed by atoms with Gasteiger partial charge in [-0.15, -0.1) is 0 Å². The van der Waals surface area contributed by atoms with E-state index < -0.39 is 27.0 Å². The molecule has 0 spiro atoms. The van der Waals surface area contributed by atoms with Crippen LogP contribution in [0.1, 0.15) is 128 Å². The average molecular weight is 753 g/mol. The maximum Gasteiger partial charge on any atom is 0.335 e. The lowest BCUT2D eigenvalue weighted by Gasteiger charge is -2.64. The van der Waals surface area contributed by atoms with Crippen LogP contribution in [0.3, 0.4) is 0 Å². The molecule has 9 heteroatoms. The van der Waals surface area contributed by atoms with Gasteiger partial charge in [-0.25, -0.2) is 17.6 Å². The normalized spacial score (nSPS) is 37.0. The minimum Gasteiger partial charge on any atom is -0.478 e. The van der Waals surface area contributed by atoms with Crippen LogP contribution >= 0.6 is 0 Å². The van der Waals surface area contributed by atoms with Crippen molar-refractivity contribution in [2.24, 2.45) is 51.2 Å². The molecule has 8 unspecified atom stereocenters.